The number of benzene rings is 1. The molecule has 0 saturated carbocycles. The molecule has 0 aromatic heterocycles. The summed E-state index contributed by atoms with van der Waals surface area (Å²) < 4.78 is 26.0. The van der Waals surface area contributed by atoms with E-state index in [0.717, 1.165) is 14.3 Å². The van der Waals surface area contributed by atoms with E-state index in [2.05, 4.69) is 15.9 Å². The lowest BCUT2D eigenvalue weighted by Crippen LogP contribution is -2.31. The Labute approximate surface area is 114 Å². The lowest BCUT2D eigenvalue weighted by atomic mass is 10.2. The fourth-order valence-electron chi connectivity index (χ4n) is 1.31. The third kappa shape index (κ3) is 3.08. The summed E-state index contributed by atoms with van der Waals surface area (Å²) in [7, 11) is -3.80. The van der Waals surface area contributed by atoms with Crippen molar-refractivity contribution in [3.8, 4) is 12.1 Å². The highest BCUT2D eigenvalue weighted by Gasteiger charge is 2.24. The van der Waals surface area contributed by atoms with Gasteiger partial charge >= 0.3 is 0 Å². The van der Waals surface area contributed by atoms with Crippen LogP contribution in [0, 0.1) is 29.6 Å². The zero-order chi connectivity index (χ0) is 13.8. The van der Waals surface area contributed by atoms with Crippen molar-refractivity contribution in [2.24, 2.45) is 0 Å². The molecule has 0 unspecified atom stereocenters. The first-order valence-electron chi connectivity index (χ1n) is 4.93. The third-order valence-electron chi connectivity index (χ3n) is 2.26. The molecule has 0 bridgehead atoms. The average molecular weight is 328 g/mol. The minimum absolute atomic E-state index is 0.0775. The standard InChI is InChI=1S/C11H10BrN3O2S/c1-9-8-10(2-3-11(9)12)18(16,17)15(6-4-13)7-5-14/h2-3,8H,6-7H2,1H3. The summed E-state index contributed by atoms with van der Waals surface area (Å²) in [6.07, 6.45) is 0. The van der Waals surface area contributed by atoms with Crippen molar-refractivity contribution in [3.05, 3.63) is 28.2 Å². The molecule has 0 aliphatic rings. The van der Waals surface area contributed by atoms with Crippen LogP contribution in [0.1, 0.15) is 5.56 Å². The molecule has 0 spiro atoms. The van der Waals surface area contributed by atoms with Crippen molar-refractivity contribution in [1.82, 2.24) is 4.31 Å². The predicted octanol–water partition coefficient (Wildman–Crippen LogP) is 1.80. The van der Waals surface area contributed by atoms with Gasteiger partial charge in [0.1, 0.15) is 13.1 Å². The third-order valence-corrected chi connectivity index (χ3v) is 4.94. The molecular weight excluding hydrogens is 318 g/mol. The lowest BCUT2D eigenvalue weighted by Gasteiger charge is -2.16. The van der Waals surface area contributed by atoms with Gasteiger partial charge in [-0.3, -0.25) is 0 Å². The van der Waals surface area contributed by atoms with Crippen LogP contribution in [0.15, 0.2) is 27.6 Å². The normalized spacial score (nSPS) is 10.9. The molecule has 0 saturated heterocycles. The van der Waals surface area contributed by atoms with Crippen molar-refractivity contribution >= 4 is 26.0 Å². The van der Waals surface area contributed by atoms with Crippen LogP contribution < -0.4 is 0 Å². The summed E-state index contributed by atoms with van der Waals surface area (Å²) in [6.45, 7) is 1.08. The van der Waals surface area contributed by atoms with Crippen LogP contribution in [-0.4, -0.2) is 25.8 Å². The van der Waals surface area contributed by atoms with Gasteiger partial charge in [-0.2, -0.15) is 14.8 Å². The van der Waals surface area contributed by atoms with Crippen LogP contribution in [0.3, 0.4) is 0 Å². The molecule has 0 N–H and O–H groups in total. The maximum atomic E-state index is 12.2. The van der Waals surface area contributed by atoms with Crippen molar-refractivity contribution in [2.75, 3.05) is 13.1 Å². The second kappa shape index (κ2) is 5.96. The van der Waals surface area contributed by atoms with Crippen LogP contribution in [0.2, 0.25) is 0 Å². The fourth-order valence-corrected chi connectivity index (χ4v) is 2.88. The molecule has 0 radical (unpaired) electrons. The van der Waals surface area contributed by atoms with Crippen molar-refractivity contribution in [3.63, 3.8) is 0 Å². The smallest absolute Gasteiger partial charge is 0.207 e. The van der Waals surface area contributed by atoms with E-state index in [1.165, 1.54) is 12.1 Å². The van der Waals surface area contributed by atoms with Gasteiger partial charge < -0.3 is 0 Å². The van der Waals surface area contributed by atoms with Gasteiger partial charge in [0.15, 0.2) is 0 Å². The van der Waals surface area contributed by atoms with E-state index < -0.39 is 10.0 Å². The van der Waals surface area contributed by atoms with Gasteiger partial charge in [-0.1, -0.05) is 15.9 Å². The van der Waals surface area contributed by atoms with Gasteiger partial charge in [-0.25, -0.2) is 8.42 Å². The highest BCUT2D eigenvalue weighted by molar-refractivity contribution is 9.10. The number of rotatable bonds is 4. The summed E-state index contributed by atoms with van der Waals surface area (Å²) in [6, 6.07) is 8.05. The van der Waals surface area contributed by atoms with E-state index in [1.54, 1.807) is 25.1 Å². The summed E-state index contributed by atoms with van der Waals surface area (Å²) in [5.74, 6) is 0. The molecule has 0 heterocycles. The molecule has 0 amide bonds. The predicted molar refractivity (Wildman–Crippen MR) is 68.9 cm³/mol. The number of nitrogens with zero attached hydrogens (tertiary/aromatic N) is 3. The average Bonchev–Trinajstić information content (AvgIpc) is 2.32. The number of hydrogen-bond acceptors (Lipinski definition) is 4. The van der Waals surface area contributed by atoms with Crippen molar-refractivity contribution < 1.29 is 8.42 Å². The second-order valence-corrected chi connectivity index (χ2v) is 6.29. The number of nitriles is 2. The first kappa shape index (κ1) is 14.7. The molecular formula is C11H10BrN3O2S. The maximum Gasteiger partial charge on any atom is 0.244 e. The van der Waals surface area contributed by atoms with Crippen LogP contribution in [-0.2, 0) is 10.0 Å². The van der Waals surface area contributed by atoms with Crippen LogP contribution in [0.5, 0.6) is 0 Å². The largest absolute Gasteiger partial charge is 0.244 e. The van der Waals surface area contributed by atoms with E-state index in [0.29, 0.717) is 0 Å². The molecule has 1 aromatic rings. The molecule has 0 atom stereocenters. The van der Waals surface area contributed by atoms with Gasteiger partial charge in [0.2, 0.25) is 10.0 Å². The second-order valence-electron chi connectivity index (χ2n) is 3.50. The molecule has 0 aliphatic carbocycles. The molecule has 94 valence electrons. The Morgan fingerprint density at radius 1 is 1.28 bits per heavy atom. The Hall–Kier alpha value is -1.41. The first-order valence-corrected chi connectivity index (χ1v) is 7.17. The minimum atomic E-state index is -3.80. The van der Waals surface area contributed by atoms with E-state index in [9.17, 15) is 8.42 Å². The number of hydrogen-bond donors (Lipinski definition) is 0. The Kier molecular flexibility index (Phi) is 4.85. The van der Waals surface area contributed by atoms with Gasteiger partial charge in [-0.15, -0.1) is 0 Å². The zero-order valence-corrected chi connectivity index (χ0v) is 12.0. The number of aryl methyl sites for hydroxylation is 1. The lowest BCUT2D eigenvalue weighted by molar-refractivity contribution is 0.479. The van der Waals surface area contributed by atoms with E-state index in [4.69, 9.17) is 10.5 Å². The summed E-state index contributed by atoms with van der Waals surface area (Å²) in [5.41, 5.74) is 0.768. The molecule has 0 aliphatic heterocycles. The Morgan fingerprint density at radius 3 is 2.28 bits per heavy atom. The Bertz CT molecular complexity index is 613. The van der Waals surface area contributed by atoms with Crippen LogP contribution in [0.4, 0.5) is 0 Å². The van der Waals surface area contributed by atoms with Crippen LogP contribution in [0.25, 0.3) is 0 Å². The minimum Gasteiger partial charge on any atom is -0.207 e. The van der Waals surface area contributed by atoms with Crippen molar-refractivity contribution in [2.45, 2.75) is 11.8 Å². The number of sulfonamides is 1. The molecule has 1 rings (SSSR count). The Balaban J connectivity index is 3.23. The summed E-state index contributed by atoms with van der Waals surface area (Å²) in [5, 5.41) is 17.2. The molecule has 1 aromatic carbocycles. The van der Waals surface area contributed by atoms with Crippen molar-refractivity contribution in [1.29, 1.82) is 10.5 Å². The monoisotopic (exact) mass is 327 g/mol. The van der Waals surface area contributed by atoms with Crippen LogP contribution >= 0.6 is 15.9 Å². The fraction of sp³-hybridized carbons (Fsp3) is 0.273. The van der Waals surface area contributed by atoms with E-state index in [1.807, 2.05) is 0 Å². The highest BCUT2D eigenvalue weighted by Crippen LogP contribution is 2.22. The Morgan fingerprint density at radius 2 is 1.83 bits per heavy atom. The molecule has 7 heteroatoms. The van der Waals surface area contributed by atoms with E-state index >= 15 is 0 Å². The van der Waals surface area contributed by atoms with Gasteiger partial charge in [0.25, 0.3) is 0 Å². The van der Waals surface area contributed by atoms with Gasteiger partial charge in [0, 0.05) is 4.47 Å². The topological polar surface area (TPSA) is 85.0 Å². The van der Waals surface area contributed by atoms with E-state index in [-0.39, 0.29) is 18.0 Å². The SMILES string of the molecule is Cc1cc(S(=O)(=O)N(CC#N)CC#N)ccc1Br. The van der Waals surface area contributed by atoms with Gasteiger partial charge in [0.05, 0.1) is 17.0 Å². The highest BCUT2D eigenvalue weighted by atomic mass is 79.9. The number of halogens is 1. The molecule has 5 nitrogen and oxygen atoms in total. The first-order chi connectivity index (χ1) is 8.43. The van der Waals surface area contributed by atoms with Gasteiger partial charge in [-0.05, 0) is 30.7 Å². The zero-order valence-electron chi connectivity index (χ0n) is 9.59. The summed E-state index contributed by atoms with van der Waals surface area (Å²) in [4.78, 5) is 0.0775. The summed E-state index contributed by atoms with van der Waals surface area (Å²) >= 11 is 3.28. The maximum absolute atomic E-state index is 12.2. The molecule has 0 fully saturated rings. The quantitative estimate of drug-likeness (QED) is 0.789. The molecule has 18 heavy (non-hydrogen) atoms.